The third-order valence-electron chi connectivity index (χ3n) is 3.27. The maximum absolute atomic E-state index is 6.03. The number of nitrogens with one attached hydrogen (secondary N) is 1. The van der Waals surface area contributed by atoms with Gasteiger partial charge in [0.25, 0.3) is 0 Å². The van der Waals surface area contributed by atoms with Crippen LogP contribution in [0.1, 0.15) is 23.4 Å². The standard InChI is InChI=1S/C16H21ClN2S/c1-4-18-15(11-14-8-9-16(17)20-14)12-6-5-7-13(10-12)19(2)3/h5-10,15,18H,4,11H2,1-3H3. The summed E-state index contributed by atoms with van der Waals surface area (Å²) in [6.45, 7) is 3.10. The zero-order chi connectivity index (χ0) is 14.5. The Balaban J connectivity index is 2.21. The maximum atomic E-state index is 6.03. The minimum Gasteiger partial charge on any atom is -0.378 e. The molecule has 2 aromatic rings. The van der Waals surface area contributed by atoms with Crippen LogP contribution in [0, 0.1) is 0 Å². The number of likely N-dealkylation sites (N-methyl/N-ethyl adjacent to an activating group) is 1. The molecule has 108 valence electrons. The van der Waals surface area contributed by atoms with E-state index < -0.39 is 0 Å². The number of halogens is 1. The molecular weight excluding hydrogens is 288 g/mol. The van der Waals surface area contributed by atoms with E-state index in [-0.39, 0.29) is 0 Å². The monoisotopic (exact) mass is 308 g/mol. The van der Waals surface area contributed by atoms with E-state index in [1.54, 1.807) is 11.3 Å². The molecule has 0 saturated heterocycles. The van der Waals surface area contributed by atoms with Crippen molar-refractivity contribution in [1.82, 2.24) is 5.32 Å². The van der Waals surface area contributed by atoms with Gasteiger partial charge in [-0.25, -0.2) is 0 Å². The molecule has 0 spiro atoms. The summed E-state index contributed by atoms with van der Waals surface area (Å²) in [6.07, 6.45) is 0.974. The van der Waals surface area contributed by atoms with Gasteiger partial charge in [-0.1, -0.05) is 30.7 Å². The Morgan fingerprint density at radius 3 is 2.65 bits per heavy atom. The largest absolute Gasteiger partial charge is 0.378 e. The van der Waals surface area contributed by atoms with Gasteiger partial charge in [0.05, 0.1) is 4.34 Å². The van der Waals surface area contributed by atoms with Crippen LogP contribution >= 0.6 is 22.9 Å². The van der Waals surface area contributed by atoms with Crippen molar-refractivity contribution in [2.24, 2.45) is 0 Å². The van der Waals surface area contributed by atoms with Gasteiger partial charge in [-0.2, -0.15) is 0 Å². The van der Waals surface area contributed by atoms with Crippen molar-refractivity contribution in [2.75, 3.05) is 25.5 Å². The molecule has 4 heteroatoms. The molecule has 0 aliphatic carbocycles. The number of hydrogen-bond donors (Lipinski definition) is 1. The minimum atomic E-state index is 0.328. The van der Waals surface area contributed by atoms with E-state index in [0.29, 0.717) is 6.04 Å². The minimum absolute atomic E-state index is 0.328. The summed E-state index contributed by atoms with van der Waals surface area (Å²) in [6, 6.07) is 13.1. The van der Waals surface area contributed by atoms with Gasteiger partial charge >= 0.3 is 0 Å². The summed E-state index contributed by atoms with van der Waals surface area (Å²) in [5, 5.41) is 3.57. The van der Waals surface area contributed by atoms with Crippen LogP contribution in [0.15, 0.2) is 36.4 Å². The van der Waals surface area contributed by atoms with Crippen molar-refractivity contribution in [3.05, 3.63) is 51.2 Å². The van der Waals surface area contributed by atoms with Gasteiger partial charge in [0.1, 0.15) is 0 Å². The molecule has 0 bridgehead atoms. The van der Waals surface area contributed by atoms with E-state index in [0.717, 1.165) is 17.3 Å². The van der Waals surface area contributed by atoms with Gasteiger partial charge in [-0.15, -0.1) is 11.3 Å². The molecule has 2 rings (SSSR count). The molecule has 1 heterocycles. The van der Waals surface area contributed by atoms with E-state index in [2.05, 4.69) is 61.6 Å². The quantitative estimate of drug-likeness (QED) is 0.853. The Morgan fingerprint density at radius 2 is 2.05 bits per heavy atom. The molecular formula is C16H21ClN2S. The highest BCUT2D eigenvalue weighted by atomic mass is 35.5. The fourth-order valence-electron chi connectivity index (χ4n) is 2.24. The average molecular weight is 309 g/mol. The molecule has 1 N–H and O–H groups in total. The molecule has 1 unspecified atom stereocenters. The lowest BCUT2D eigenvalue weighted by atomic mass is 10.0. The zero-order valence-electron chi connectivity index (χ0n) is 12.2. The predicted octanol–water partition coefficient (Wildman–Crippen LogP) is 4.36. The van der Waals surface area contributed by atoms with Gasteiger partial charge in [-0.05, 0) is 36.4 Å². The van der Waals surface area contributed by atoms with Crippen molar-refractivity contribution < 1.29 is 0 Å². The van der Waals surface area contributed by atoms with Crippen molar-refractivity contribution in [1.29, 1.82) is 0 Å². The van der Waals surface area contributed by atoms with Gasteiger partial charge in [0.2, 0.25) is 0 Å². The first-order valence-electron chi connectivity index (χ1n) is 6.85. The number of nitrogens with zero attached hydrogens (tertiary/aromatic N) is 1. The van der Waals surface area contributed by atoms with E-state index in [1.165, 1.54) is 16.1 Å². The van der Waals surface area contributed by atoms with Crippen LogP contribution < -0.4 is 10.2 Å². The molecule has 1 aromatic heterocycles. The highest BCUT2D eigenvalue weighted by molar-refractivity contribution is 7.16. The molecule has 0 aliphatic heterocycles. The average Bonchev–Trinajstić information content (AvgIpc) is 2.84. The topological polar surface area (TPSA) is 15.3 Å². The second-order valence-electron chi connectivity index (χ2n) is 5.01. The third kappa shape index (κ3) is 3.98. The van der Waals surface area contributed by atoms with Gasteiger partial charge in [0.15, 0.2) is 0 Å². The third-order valence-corrected chi connectivity index (χ3v) is 4.53. The van der Waals surface area contributed by atoms with Crippen LogP contribution in [0.4, 0.5) is 5.69 Å². The first-order chi connectivity index (χ1) is 9.60. The molecule has 0 fully saturated rings. The summed E-state index contributed by atoms with van der Waals surface area (Å²) >= 11 is 7.69. The summed E-state index contributed by atoms with van der Waals surface area (Å²) in [5.41, 5.74) is 2.55. The predicted molar refractivity (Wildman–Crippen MR) is 90.2 cm³/mol. The molecule has 1 atom stereocenters. The lowest BCUT2D eigenvalue weighted by Crippen LogP contribution is -2.23. The number of anilines is 1. The number of benzene rings is 1. The van der Waals surface area contributed by atoms with Gasteiger partial charge in [-0.3, -0.25) is 0 Å². The number of hydrogen-bond acceptors (Lipinski definition) is 3. The maximum Gasteiger partial charge on any atom is 0.0931 e. The van der Waals surface area contributed by atoms with Crippen LogP contribution in [0.3, 0.4) is 0 Å². The first kappa shape index (κ1) is 15.4. The Labute approximate surface area is 130 Å². The molecule has 2 nitrogen and oxygen atoms in total. The smallest absolute Gasteiger partial charge is 0.0931 e. The fourth-order valence-corrected chi connectivity index (χ4v) is 3.37. The van der Waals surface area contributed by atoms with Gasteiger partial charge in [0, 0.05) is 37.1 Å². The zero-order valence-corrected chi connectivity index (χ0v) is 13.8. The Hall–Kier alpha value is -1.03. The van der Waals surface area contributed by atoms with Crippen molar-refractivity contribution in [3.63, 3.8) is 0 Å². The second-order valence-corrected chi connectivity index (χ2v) is 6.81. The van der Waals surface area contributed by atoms with Crippen molar-refractivity contribution in [2.45, 2.75) is 19.4 Å². The SMILES string of the molecule is CCNC(Cc1ccc(Cl)s1)c1cccc(N(C)C)c1. The van der Waals surface area contributed by atoms with Crippen LogP contribution in [0.2, 0.25) is 4.34 Å². The molecule has 0 radical (unpaired) electrons. The lowest BCUT2D eigenvalue weighted by Gasteiger charge is -2.20. The van der Waals surface area contributed by atoms with E-state index in [9.17, 15) is 0 Å². The first-order valence-corrected chi connectivity index (χ1v) is 8.04. The van der Waals surface area contributed by atoms with E-state index in [4.69, 9.17) is 11.6 Å². The van der Waals surface area contributed by atoms with E-state index in [1.807, 2.05) is 6.07 Å². The number of thiophene rings is 1. The number of rotatable bonds is 6. The van der Waals surface area contributed by atoms with Crippen LogP contribution in [-0.4, -0.2) is 20.6 Å². The summed E-state index contributed by atoms with van der Waals surface area (Å²) < 4.78 is 0.859. The summed E-state index contributed by atoms with van der Waals surface area (Å²) in [4.78, 5) is 3.45. The Kier molecular flexibility index (Phi) is 5.46. The van der Waals surface area contributed by atoms with Gasteiger partial charge < -0.3 is 10.2 Å². The van der Waals surface area contributed by atoms with Crippen molar-refractivity contribution >= 4 is 28.6 Å². The normalized spacial score (nSPS) is 12.4. The van der Waals surface area contributed by atoms with Crippen LogP contribution in [-0.2, 0) is 6.42 Å². The summed E-state index contributed by atoms with van der Waals surface area (Å²) in [5.74, 6) is 0. The Morgan fingerprint density at radius 1 is 1.25 bits per heavy atom. The van der Waals surface area contributed by atoms with Crippen molar-refractivity contribution in [3.8, 4) is 0 Å². The summed E-state index contributed by atoms with van der Waals surface area (Å²) in [7, 11) is 4.14. The van der Waals surface area contributed by atoms with Crippen LogP contribution in [0.25, 0.3) is 0 Å². The molecule has 20 heavy (non-hydrogen) atoms. The molecule has 1 aromatic carbocycles. The highest BCUT2D eigenvalue weighted by Gasteiger charge is 2.13. The van der Waals surface area contributed by atoms with E-state index >= 15 is 0 Å². The Bertz CT molecular complexity index is 551. The lowest BCUT2D eigenvalue weighted by molar-refractivity contribution is 0.553. The molecule has 0 amide bonds. The molecule has 0 saturated carbocycles. The molecule has 0 aliphatic rings. The second kappa shape index (κ2) is 7.11. The highest BCUT2D eigenvalue weighted by Crippen LogP contribution is 2.28. The van der Waals surface area contributed by atoms with Crippen LogP contribution in [0.5, 0.6) is 0 Å². The fraction of sp³-hybridized carbons (Fsp3) is 0.375.